The monoisotopic (exact) mass is 1020 g/mol. The molecule has 70 heavy (non-hydrogen) atoms. The lowest BCUT2D eigenvalue weighted by Crippen LogP contribution is -2.31. The highest BCUT2D eigenvalue weighted by Crippen LogP contribution is 2.35. The van der Waals surface area contributed by atoms with Crippen LogP contribution in [-0.4, -0.2) is 86.3 Å². The number of carbonyl (C=O) groups excluding carboxylic acids is 2. The number of amides is 2. The molecular formula is C52H56N8O6S4. The maximum Gasteiger partial charge on any atom is 0.300 e. The molecular weight excluding hydrogens is 961 g/mol. The highest BCUT2D eigenvalue weighted by atomic mass is 32.2. The zero-order valence-electron chi connectivity index (χ0n) is 40.1. The van der Waals surface area contributed by atoms with Gasteiger partial charge >= 0.3 is 0 Å². The van der Waals surface area contributed by atoms with Crippen molar-refractivity contribution in [3.63, 3.8) is 0 Å². The van der Waals surface area contributed by atoms with E-state index in [0.29, 0.717) is 78.7 Å². The van der Waals surface area contributed by atoms with E-state index in [-0.39, 0.29) is 34.8 Å². The summed E-state index contributed by atoms with van der Waals surface area (Å²) in [5.41, 5.74) is 5.63. The van der Waals surface area contributed by atoms with Crippen LogP contribution in [0.15, 0.2) is 117 Å². The van der Waals surface area contributed by atoms with Gasteiger partial charge in [-0.3, -0.25) is 42.6 Å². The fraction of sp³-hybridized carbons (Fsp3) is 0.288. The number of rotatable bonds is 14. The van der Waals surface area contributed by atoms with E-state index in [9.17, 15) is 19.2 Å². The number of hydrogen-bond acceptors (Lipinski definition) is 13. The predicted octanol–water partition coefficient (Wildman–Crippen LogP) is 9.12. The number of carbonyl (C=O) groups is 3. The van der Waals surface area contributed by atoms with Gasteiger partial charge in [0.25, 0.3) is 28.9 Å². The second-order valence-corrected chi connectivity index (χ2v) is 20.7. The van der Waals surface area contributed by atoms with Crippen molar-refractivity contribution in [3.8, 4) is 0 Å². The third-order valence-corrected chi connectivity index (χ3v) is 13.4. The fourth-order valence-corrected chi connectivity index (χ4v) is 9.91. The lowest BCUT2D eigenvalue weighted by Gasteiger charge is -2.16. The van der Waals surface area contributed by atoms with Crippen molar-refractivity contribution in [2.45, 2.75) is 61.3 Å². The molecule has 0 atom stereocenters. The Morgan fingerprint density at radius 2 is 0.986 bits per heavy atom. The van der Waals surface area contributed by atoms with E-state index >= 15 is 0 Å². The summed E-state index contributed by atoms with van der Waals surface area (Å²) >= 11 is 13.3. The first-order valence-electron chi connectivity index (χ1n) is 22.7. The van der Waals surface area contributed by atoms with Crippen LogP contribution < -0.4 is 21.8 Å². The van der Waals surface area contributed by atoms with Crippen LogP contribution >= 0.6 is 48.0 Å². The van der Waals surface area contributed by atoms with Crippen molar-refractivity contribution in [2.75, 3.05) is 36.8 Å². The molecule has 0 bridgehead atoms. The Balaban J connectivity index is 0.000000213. The van der Waals surface area contributed by atoms with Gasteiger partial charge in [0.15, 0.2) is 0 Å². The second kappa shape index (κ2) is 24.4. The summed E-state index contributed by atoms with van der Waals surface area (Å²) in [6.07, 6.45) is 8.24. The third kappa shape index (κ3) is 13.4. The van der Waals surface area contributed by atoms with Crippen molar-refractivity contribution in [3.05, 3.63) is 161 Å². The average Bonchev–Trinajstić information content (AvgIpc) is 3.73. The molecule has 6 aromatic rings. The SMILES string of the molecule is CC(=O)O.Cc1cccn2c(=O)c(/C=C3\SC(=S)N(CC(C)C)C3=O)c(NCCc3ccccc3)nc12.Cc1cccn2c(=O)c(/C=C3\SC(=S)N(CC(C)C)C3=O)c(NCCc3ccccc3)nc12. The normalized spacial score (nSPS) is 14.8. The first-order chi connectivity index (χ1) is 33.4. The van der Waals surface area contributed by atoms with Crippen LogP contribution in [0, 0.1) is 25.7 Å². The molecule has 0 aliphatic carbocycles. The molecule has 18 heteroatoms. The molecule has 2 fully saturated rings. The molecule has 0 saturated carbocycles. The van der Waals surface area contributed by atoms with E-state index in [1.165, 1.54) is 43.5 Å². The molecule has 2 aliphatic rings. The number of thiocarbonyl (C=S) groups is 2. The lowest BCUT2D eigenvalue weighted by molar-refractivity contribution is -0.134. The number of aliphatic carboxylic acids is 1. The maximum absolute atomic E-state index is 13.4. The van der Waals surface area contributed by atoms with E-state index in [0.717, 1.165) is 30.9 Å². The van der Waals surface area contributed by atoms with Gasteiger partial charge in [0.05, 0.1) is 20.9 Å². The van der Waals surface area contributed by atoms with E-state index < -0.39 is 5.97 Å². The molecule has 0 unspecified atom stereocenters. The molecule has 2 aromatic carbocycles. The van der Waals surface area contributed by atoms with Gasteiger partial charge in [0.1, 0.15) is 31.6 Å². The first kappa shape index (κ1) is 52.9. The molecule has 364 valence electrons. The summed E-state index contributed by atoms with van der Waals surface area (Å²) < 4.78 is 4.09. The van der Waals surface area contributed by atoms with Crippen LogP contribution in [0.5, 0.6) is 0 Å². The van der Waals surface area contributed by atoms with Crippen LogP contribution in [0.3, 0.4) is 0 Å². The van der Waals surface area contributed by atoms with Crippen LogP contribution in [-0.2, 0) is 27.2 Å². The number of aromatic nitrogens is 4. The number of fused-ring (bicyclic) bond motifs is 2. The smallest absolute Gasteiger partial charge is 0.300 e. The Kier molecular flexibility index (Phi) is 18.4. The lowest BCUT2D eigenvalue weighted by atomic mass is 10.1. The molecule has 2 aliphatic heterocycles. The Morgan fingerprint density at radius 3 is 1.33 bits per heavy atom. The van der Waals surface area contributed by atoms with E-state index in [4.69, 9.17) is 44.3 Å². The van der Waals surface area contributed by atoms with Crippen molar-refractivity contribution in [2.24, 2.45) is 11.8 Å². The van der Waals surface area contributed by atoms with Crippen LogP contribution in [0.2, 0.25) is 0 Å². The number of nitrogens with one attached hydrogen (secondary N) is 2. The number of carboxylic acid groups (broad SMARTS) is 1. The summed E-state index contributed by atoms with van der Waals surface area (Å²) in [5.74, 6) is 0.361. The number of hydrogen-bond donors (Lipinski definition) is 3. The standard InChI is InChI=1S/2C25H26N4O2S2.C2H4O2/c2*1-16(2)15-29-24(31)20(33-25(29)32)14-19-21(26-12-11-18-9-5-4-6-10-18)27-22-17(3)8-7-13-28(22)23(19)30;1-2(3)4/h2*4-10,13-14,16,26H,11-12,15H2,1-3H3;1H3,(H,3,4)/b2*20-14-;. The van der Waals surface area contributed by atoms with Gasteiger partial charge in [-0.25, -0.2) is 9.97 Å². The van der Waals surface area contributed by atoms with Gasteiger partial charge in [0.2, 0.25) is 0 Å². The fourth-order valence-electron chi connectivity index (χ4n) is 7.40. The summed E-state index contributed by atoms with van der Waals surface area (Å²) in [6.45, 7) is 15.4. The number of nitrogens with zero attached hydrogens (tertiary/aromatic N) is 6. The van der Waals surface area contributed by atoms with Crippen molar-refractivity contribution in [1.82, 2.24) is 28.6 Å². The quantitative estimate of drug-likeness (QED) is 0.0697. The minimum atomic E-state index is -0.833. The molecule has 3 N–H and O–H groups in total. The van der Waals surface area contributed by atoms with Crippen LogP contribution in [0.25, 0.3) is 23.4 Å². The Morgan fingerprint density at radius 1 is 0.629 bits per heavy atom. The summed E-state index contributed by atoms with van der Waals surface area (Å²) in [5, 5.41) is 14.1. The average molecular weight is 1020 g/mol. The third-order valence-electron chi connectivity index (χ3n) is 10.7. The van der Waals surface area contributed by atoms with Gasteiger partial charge in [-0.15, -0.1) is 0 Å². The minimum Gasteiger partial charge on any atom is -0.481 e. The maximum atomic E-state index is 13.4. The summed E-state index contributed by atoms with van der Waals surface area (Å²) in [4.78, 5) is 75.5. The number of carboxylic acids is 1. The highest BCUT2D eigenvalue weighted by molar-refractivity contribution is 8.27. The number of thioether (sulfide) groups is 2. The van der Waals surface area contributed by atoms with Gasteiger partial charge in [0, 0.05) is 45.5 Å². The summed E-state index contributed by atoms with van der Waals surface area (Å²) in [7, 11) is 0. The van der Waals surface area contributed by atoms with Crippen LogP contribution in [0.4, 0.5) is 11.6 Å². The Bertz CT molecular complexity index is 2910. The molecule has 8 rings (SSSR count). The van der Waals surface area contributed by atoms with Crippen LogP contribution in [0.1, 0.15) is 68.0 Å². The molecule has 14 nitrogen and oxygen atoms in total. The number of pyridine rings is 2. The predicted molar refractivity (Wildman–Crippen MR) is 292 cm³/mol. The zero-order chi connectivity index (χ0) is 50.6. The first-order valence-corrected chi connectivity index (χ1v) is 25.2. The largest absolute Gasteiger partial charge is 0.481 e. The molecule has 4 aromatic heterocycles. The van der Waals surface area contributed by atoms with Crippen molar-refractivity contribution >= 4 is 109 Å². The molecule has 6 heterocycles. The molecule has 2 amide bonds. The number of anilines is 2. The van der Waals surface area contributed by atoms with Crippen molar-refractivity contribution < 1.29 is 19.5 Å². The van der Waals surface area contributed by atoms with E-state index in [1.807, 2.05) is 102 Å². The molecule has 2 saturated heterocycles. The Hall–Kier alpha value is -6.47. The van der Waals surface area contributed by atoms with E-state index in [1.54, 1.807) is 34.3 Å². The summed E-state index contributed by atoms with van der Waals surface area (Å²) in [6, 6.07) is 27.7. The zero-order valence-corrected chi connectivity index (χ0v) is 43.4. The topological polar surface area (TPSA) is 171 Å². The minimum absolute atomic E-state index is 0.164. The molecule has 0 radical (unpaired) electrons. The Labute approximate surface area is 426 Å². The number of aryl methyl sites for hydroxylation is 2. The van der Waals surface area contributed by atoms with Gasteiger partial charge in [-0.2, -0.15) is 0 Å². The van der Waals surface area contributed by atoms with Crippen molar-refractivity contribution in [1.29, 1.82) is 0 Å². The number of benzene rings is 2. The second-order valence-electron chi connectivity index (χ2n) is 17.3. The molecule has 0 spiro atoms. The highest BCUT2D eigenvalue weighted by Gasteiger charge is 2.34. The van der Waals surface area contributed by atoms with Gasteiger partial charge in [-0.05, 0) is 85.1 Å². The van der Waals surface area contributed by atoms with Gasteiger partial charge < -0.3 is 15.7 Å². The van der Waals surface area contributed by atoms with E-state index in [2.05, 4.69) is 34.9 Å². The van der Waals surface area contributed by atoms with Gasteiger partial charge in [-0.1, -0.05) is 148 Å².